The lowest BCUT2D eigenvalue weighted by atomic mass is 10.2. The number of benzene rings is 1. The summed E-state index contributed by atoms with van der Waals surface area (Å²) in [4.78, 5) is 16.6. The lowest BCUT2D eigenvalue weighted by Crippen LogP contribution is -2.29. The van der Waals surface area contributed by atoms with Crippen molar-refractivity contribution in [1.82, 2.24) is 4.98 Å². The summed E-state index contributed by atoms with van der Waals surface area (Å²) in [5.74, 6) is -0.198. The lowest BCUT2D eigenvalue weighted by molar-refractivity contribution is -0.117. The Labute approximate surface area is 125 Å². The Balaban J connectivity index is 1.81. The number of hydrazone groups is 1. The van der Waals surface area contributed by atoms with Gasteiger partial charge < -0.3 is 0 Å². The maximum Gasteiger partial charge on any atom is 0.280 e. The molecule has 1 amide bonds. The van der Waals surface area contributed by atoms with Crippen LogP contribution in [0.4, 0.5) is 10.8 Å². The van der Waals surface area contributed by atoms with Gasteiger partial charge in [-0.2, -0.15) is 15.2 Å². The van der Waals surface area contributed by atoms with Gasteiger partial charge in [-0.05, 0) is 26.0 Å². The quantitative estimate of drug-likeness (QED) is 0.816. The second-order valence-electron chi connectivity index (χ2n) is 4.62. The molecule has 0 saturated heterocycles. The van der Waals surface area contributed by atoms with Crippen LogP contribution in [0.2, 0.25) is 0 Å². The second kappa shape index (κ2) is 5.53. The number of rotatable bonds is 3. The highest BCUT2D eigenvalue weighted by atomic mass is 32.1. The van der Waals surface area contributed by atoms with Gasteiger partial charge in [0.1, 0.15) is 0 Å². The second-order valence-corrected chi connectivity index (χ2v) is 5.45. The molecular weight excluding hydrogens is 286 g/mol. The van der Waals surface area contributed by atoms with Crippen molar-refractivity contribution >= 4 is 33.8 Å². The van der Waals surface area contributed by atoms with Gasteiger partial charge in [-0.3, -0.25) is 4.79 Å². The minimum Gasteiger partial charge on any atom is -0.269 e. The number of carbonyl (C=O) groups is 1. The third-order valence-electron chi connectivity index (χ3n) is 2.96. The Bertz CT molecular complexity index is 722. The van der Waals surface area contributed by atoms with E-state index in [-0.39, 0.29) is 5.91 Å². The van der Waals surface area contributed by atoms with Gasteiger partial charge in [-0.15, -0.1) is 16.5 Å². The number of anilines is 1. The van der Waals surface area contributed by atoms with E-state index in [0.717, 1.165) is 11.4 Å². The number of thiazole rings is 1. The Morgan fingerprint density at radius 2 is 2.00 bits per heavy atom. The van der Waals surface area contributed by atoms with Crippen LogP contribution in [0.1, 0.15) is 12.6 Å². The van der Waals surface area contributed by atoms with E-state index in [9.17, 15) is 4.79 Å². The summed E-state index contributed by atoms with van der Waals surface area (Å²) < 4.78 is 0. The zero-order valence-electron chi connectivity index (χ0n) is 11.6. The summed E-state index contributed by atoms with van der Waals surface area (Å²) in [5.41, 5.74) is 2.24. The molecule has 2 heterocycles. The molecule has 1 aromatic heterocycles. The van der Waals surface area contributed by atoms with Crippen LogP contribution in [0.25, 0.3) is 0 Å². The van der Waals surface area contributed by atoms with Gasteiger partial charge in [-0.25, -0.2) is 4.98 Å². The predicted molar refractivity (Wildman–Crippen MR) is 82.2 cm³/mol. The zero-order chi connectivity index (χ0) is 14.8. The standard InChI is InChI=1S/C14H13N5OS/c1-9-8-21-14(15-9)17-16-12-10(2)18-19(13(12)20)11-6-4-3-5-7-11/h3-8,12H,1-2H3. The summed E-state index contributed by atoms with van der Waals surface area (Å²) in [7, 11) is 0. The summed E-state index contributed by atoms with van der Waals surface area (Å²) in [6.07, 6.45) is 0. The monoisotopic (exact) mass is 299 g/mol. The molecule has 7 heteroatoms. The van der Waals surface area contributed by atoms with E-state index in [1.165, 1.54) is 16.3 Å². The van der Waals surface area contributed by atoms with Gasteiger partial charge in [-0.1, -0.05) is 18.2 Å². The van der Waals surface area contributed by atoms with Gasteiger partial charge >= 0.3 is 0 Å². The van der Waals surface area contributed by atoms with E-state index >= 15 is 0 Å². The summed E-state index contributed by atoms with van der Waals surface area (Å²) in [6, 6.07) is 8.61. The SMILES string of the molecule is CC1=NN(c2ccccc2)C(=O)C1N=Nc1nc(C)cs1. The van der Waals surface area contributed by atoms with Gasteiger partial charge in [0.05, 0.1) is 17.1 Å². The largest absolute Gasteiger partial charge is 0.280 e. The van der Waals surface area contributed by atoms with Crippen LogP contribution in [0.3, 0.4) is 0 Å². The zero-order valence-corrected chi connectivity index (χ0v) is 12.4. The fourth-order valence-electron chi connectivity index (χ4n) is 1.94. The van der Waals surface area contributed by atoms with Crippen LogP contribution >= 0.6 is 11.3 Å². The highest BCUT2D eigenvalue weighted by Crippen LogP contribution is 2.24. The average molecular weight is 299 g/mol. The number of hydrogen-bond acceptors (Lipinski definition) is 6. The minimum atomic E-state index is -0.672. The maximum atomic E-state index is 12.4. The van der Waals surface area contributed by atoms with E-state index < -0.39 is 6.04 Å². The van der Waals surface area contributed by atoms with Gasteiger partial charge in [0, 0.05) is 5.38 Å². The normalized spacial score (nSPS) is 18.6. The molecule has 0 fully saturated rings. The summed E-state index contributed by atoms with van der Waals surface area (Å²) in [5, 5.41) is 16.2. The summed E-state index contributed by atoms with van der Waals surface area (Å²) in [6.45, 7) is 3.66. The number of azo groups is 1. The predicted octanol–water partition coefficient (Wildman–Crippen LogP) is 3.33. The topological polar surface area (TPSA) is 70.3 Å². The molecule has 1 atom stereocenters. The molecular formula is C14H13N5OS. The molecule has 1 aliphatic rings. The Morgan fingerprint density at radius 1 is 1.24 bits per heavy atom. The van der Waals surface area contributed by atoms with Gasteiger partial charge in [0.15, 0.2) is 6.04 Å². The Morgan fingerprint density at radius 3 is 2.67 bits per heavy atom. The highest BCUT2D eigenvalue weighted by molar-refractivity contribution is 7.13. The van der Waals surface area contributed by atoms with E-state index in [4.69, 9.17) is 0 Å². The third kappa shape index (κ3) is 2.73. The molecule has 0 N–H and O–H groups in total. The van der Waals surface area contributed by atoms with Crippen molar-refractivity contribution in [2.45, 2.75) is 19.9 Å². The molecule has 3 rings (SSSR count). The van der Waals surface area contributed by atoms with E-state index in [1.807, 2.05) is 42.6 Å². The number of aryl methyl sites for hydroxylation is 1. The molecule has 0 radical (unpaired) electrons. The van der Waals surface area contributed by atoms with Crippen molar-refractivity contribution in [2.24, 2.45) is 15.3 Å². The van der Waals surface area contributed by atoms with Crippen molar-refractivity contribution in [3.05, 3.63) is 41.4 Å². The highest BCUT2D eigenvalue weighted by Gasteiger charge is 2.34. The van der Waals surface area contributed by atoms with Gasteiger partial charge in [0.2, 0.25) is 5.13 Å². The first kappa shape index (κ1) is 13.6. The number of carbonyl (C=O) groups excluding carboxylic acids is 1. The number of amides is 1. The van der Waals surface area contributed by atoms with Crippen LogP contribution in [-0.2, 0) is 4.79 Å². The average Bonchev–Trinajstić information content (AvgIpc) is 3.02. The molecule has 0 bridgehead atoms. The fraction of sp³-hybridized carbons (Fsp3) is 0.214. The molecule has 21 heavy (non-hydrogen) atoms. The molecule has 1 unspecified atom stereocenters. The Kier molecular flexibility index (Phi) is 3.57. The van der Waals surface area contributed by atoms with E-state index in [2.05, 4.69) is 20.3 Å². The van der Waals surface area contributed by atoms with Crippen molar-refractivity contribution in [3.63, 3.8) is 0 Å². The fourth-order valence-corrected chi connectivity index (χ4v) is 2.56. The molecule has 0 saturated carbocycles. The van der Waals surface area contributed by atoms with Crippen LogP contribution in [-0.4, -0.2) is 22.6 Å². The number of hydrogen-bond donors (Lipinski definition) is 0. The molecule has 0 spiro atoms. The molecule has 2 aromatic rings. The first-order chi connectivity index (χ1) is 10.1. The maximum absolute atomic E-state index is 12.4. The molecule has 1 aromatic carbocycles. The summed E-state index contributed by atoms with van der Waals surface area (Å²) >= 11 is 1.40. The molecule has 1 aliphatic heterocycles. The number of nitrogens with zero attached hydrogens (tertiary/aromatic N) is 5. The van der Waals surface area contributed by atoms with Crippen molar-refractivity contribution in [1.29, 1.82) is 0 Å². The first-order valence-electron chi connectivity index (χ1n) is 6.42. The smallest absolute Gasteiger partial charge is 0.269 e. The lowest BCUT2D eigenvalue weighted by Gasteiger charge is -2.11. The van der Waals surface area contributed by atoms with E-state index in [1.54, 1.807) is 6.92 Å². The number of para-hydroxylation sites is 1. The van der Waals surface area contributed by atoms with Crippen molar-refractivity contribution < 1.29 is 4.79 Å². The molecule has 6 nitrogen and oxygen atoms in total. The first-order valence-corrected chi connectivity index (χ1v) is 7.30. The molecule has 106 valence electrons. The van der Waals surface area contributed by atoms with E-state index in [0.29, 0.717) is 10.8 Å². The number of aromatic nitrogens is 1. The minimum absolute atomic E-state index is 0.198. The van der Waals surface area contributed by atoms with Crippen molar-refractivity contribution in [2.75, 3.05) is 5.01 Å². The van der Waals surface area contributed by atoms with Crippen molar-refractivity contribution in [3.8, 4) is 0 Å². The van der Waals surface area contributed by atoms with Crippen LogP contribution in [0.15, 0.2) is 51.0 Å². The van der Waals surface area contributed by atoms with Gasteiger partial charge in [0.25, 0.3) is 5.91 Å². The van der Waals surface area contributed by atoms with Crippen LogP contribution in [0, 0.1) is 6.92 Å². The van der Waals surface area contributed by atoms with Crippen LogP contribution < -0.4 is 5.01 Å². The van der Waals surface area contributed by atoms with Crippen LogP contribution in [0.5, 0.6) is 0 Å². The molecule has 0 aliphatic carbocycles. The Hall–Kier alpha value is -2.41. The third-order valence-corrected chi connectivity index (χ3v) is 3.81.